The van der Waals surface area contributed by atoms with E-state index < -0.39 is 0 Å². The van der Waals surface area contributed by atoms with Crippen molar-refractivity contribution >= 4 is 60.4 Å². The second kappa shape index (κ2) is 12.5. The average Bonchev–Trinajstić information content (AvgIpc) is 3.55. The van der Waals surface area contributed by atoms with Crippen LogP contribution in [0.25, 0.3) is 71.3 Å². The molecule has 1 aromatic heterocycles. The second-order valence-electron chi connectivity index (χ2n) is 13.4. The molecule has 0 bridgehead atoms. The van der Waals surface area contributed by atoms with Gasteiger partial charge >= 0.3 is 0 Å². The normalized spacial score (nSPS) is 11.5. The quantitative estimate of drug-likeness (QED) is 0.172. The molecular formula is C50H34N2. The molecule has 0 saturated carbocycles. The molecule has 0 saturated heterocycles. The van der Waals surface area contributed by atoms with Gasteiger partial charge in [-0.05, 0) is 104 Å². The van der Waals surface area contributed by atoms with Crippen LogP contribution in [0.3, 0.4) is 0 Å². The lowest BCUT2D eigenvalue weighted by atomic mass is 9.92. The molecule has 0 aliphatic heterocycles. The lowest BCUT2D eigenvalue weighted by molar-refractivity contribution is 1.18. The number of aromatic nitrogens is 1. The van der Waals surface area contributed by atoms with Crippen molar-refractivity contribution in [2.45, 2.75) is 0 Å². The van der Waals surface area contributed by atoms with Gasteiger partial charge in [-0.25, -0.2) is 0 Å². The number of nitrogens with zero attached hydrogens (tertiary/aromatic N) is 2. The van der Waals surface area contributed by atoms with Crippen molar-refractivity contribution in [1.82, 2.24) is 4.57 Å². The predicted octanol–water partition coefficient (Wildman–Crippen LogP) is 13.9. The van der Waals surface area contributed by atoms with Gasteiger partial charge in [0.05, 0.1) is 11.0 Å². The van der Waals surface area contributed by atoms with Crippen molar-refractivity contribution in [2.24, 2.45) is 0 Å². The fourth-order valence-corrected chi connectivity index (χ4v) is 7.98. The highest BCUT2D eigenvalue weighted by Gasteiger charge is 2.20. The summed E-state index contributed by atoms with van der Waals surface area (Å²) < 4.78 is 2.39. The summed E-state index contributed by atoms with van der Waals surface area (Å²) in [6.45, 7) is 0. The lowest BCUT2D eigenvalue weighted by Crippen LogP contribution is -2.10. The summed E-state index contributed by atoms with van der Waals surface area (Å²) in [5.74, 6) is 0. The molecule has 1 heterocycles. The minimum absolute atomic E-state index is 1.10. The summed E-state index contributed by atoms with van der Waals surface area (Å²) in [6, 6.07) is 74.8. The molecule has 0 radical (unpaired) electrons. The molecule has 52 heavy (non-hydrogen) atoms. The van der Waals surface area contributed by atoms with Gasteiger partial charge in [-0.15, -0.1) is 0 Å². The van der Waals surface area contributed by atoms with E-state index in [0.717, 1.165) is 22.7 Å². The molecule has 0 unspecified atom stereocenters. The van der Waals surface area contributed by atoms with Gasteiger partial charge in [-0.3, -0.25) is 0 Å². The fourth-order valence-electron chi connectivity index (χ4n) is 7.98. The van der Waals surface area contributed by atoms with Crippen LogP contribution in [0.4, 0.5) is 17.1 Å². The smallest absolute Gasteiger partial charge is 0.0561 e. The number of para-hydroxylation sites is 3. The molecule has 0 fully saturated rings. The van der Waals surface area contributed by atoms with E-state index in [4.69, 9.17) is 0 Å². The van der Waals surface area contributed by atoms with Crippen LogP contribution < -0.4 is 4.90 Å². The summed E-state index contributed by atoms with van der Waals surface area (Å²) >= 11 is 0. The highest BCUT2D eigenvalue weighted by atomic mass is 15.1. The van der Waals surface area contributed by atoms with E-state index in [2.05, 4.69) is 216 Å². The van der Waals surface area contributed by atoms with Crippen LogP contribution in [0.1, 0.15) is 0 Å². The first-order valence-corrected chi connectivity index (χ1v) is 17.9. The Kier molecular flexibility index (Phi) is 7.18. The SMILES string of the molecule is c1ccc(N(c2cc(-c3cccc4ccccc34)cc(-c3cccc4ccccc34)c2)c2ccc3c4ccccc4n(-c4ccccc4)c3c2)cc1. The second-order valence-corrected chi connectivity index (χ2v) is 13.4. The molecule has 10 aromatic rings. The van der Waals surface area contributed by atoms with Crippen LogP contribution in [-0.4, -0.2) is 4.57 Å². The van der Waals surface area contributed by atoms with Gasteiger partial charge in [0, 0.05) is 33.5 Å². The Morgan fingerprint density at radius 3 is 1.48 bits per heavy atom. The molecule has 0 atom stereocenters. The molecule has 0 amide bonds. The predicted molar refractivity (Wildman–Crippen MR) is 221 cm³/mol. The summed E-state index contributed by atoms with van der Waals surface area (Å²) in [7, 11) is 0. The first-order valence-electron chi connectivity index (χ1n) is 17.9. The van der Waals surface area contributed by atoms with E-state index >= 15 is 0 Å². The van der Waals surface area contributed by atoms with Crippen molar-refractivity contribution in [1.29, 1.82) is 0 Å². The van der Waals surface area contributed by atoms with Crippen LogP contribution >= 0.6 is 0 Å². The molecule has 0 aliphatic carbocycles. The third-order valence-corrected chi connectivity index (χ3v) is 10.3. The van der Waals surface area contributed by atoms with Crippen LogP contribution in [0, 0.1) is 0 Å². The highest BCUT2D eigenvalue weighted by Crippen LogP contribution is 2.44. The molecule has 10 rings (SSSR count). The standard InChI is InChI=1S/C50H34N2/c1-3-19-39(20-4-1)51(41-29-30-48-47-25-11-12-28-49(47)52(50(48)34-41)40-21-5-2-6-22-40)42-32-37(45-26-13-17-35-15-7-9-23-43(35)45)31-38(33-42)46-27-14-18-36-16-8-10-24-44(36)46/h1-34H. The molecule has 244 valence electrons. The van der Waals surface area contributed by atoms with Crippen molar-refractivity contribution in [3.63, 3.8) is 0 Å². The average molecular weight is 663 g/mol. The largest absolute Gasteiger partial charge is 0.310 e. The maximum absolute atomic E-state index is 2.41. The zero-order valence-electron chi connectivity index (χ0n) is 28.5. The molecular weight excluding hydrogens is 629 g/mol. The number of anilines is 3. The third kappa shape index (κ3) is 5.04. The van der Waals surface area contributed by atoms with Gasteiger partial charge in [-0.1, -0.05) is 146 Å². The van der Waals surface area contributed by atoms with Crippen molar-refractivity contribution in [3.8, 4) is 27.9 Å². The van der Waals surface area contributed by atoms with E-state index in [0.29, 0.717) is 0 Å². The number of hydrogen-bond donors (Lipinski definition) is 0. The van der Waals surface area contributed by atoms with Gasteiger partial charge in [0.1, 0.15) is 0 Å². The van der Waals surface area contributed by atoms with Gasteiger partial charge in [0.15, 0.2) is 0 Å². The third-order valence-electron chi connectivity index (χ3n) is 10.3. The molecule has 0 spiro atoms. The number of fused-ring (bicyclic) bond motifs is 5. The van der Waals surface area contributed by atoms with Crippen LogP contribution in [0.15, 0.2) is 206 Å². The molecule has 9 aromatic carbocycles. The fraction of sp³-hybridized carbons (Fsp3) is 0. The summed E-state index contributed by atoms with van der Waals surface area (Å²) in [5.41, 5.74) is 11.6. The van der Waals surface area contributed by atoms with E-state index in [9.17, 15) is 0 Å². The van der Waals surface area contributed by atoms with Crippen LogP contribution in [-0.2, 0) is 0 Å². The van der Waals surface area contributed by atoms with E-state index in [1.807, 2.05) is 0 Å². The van der Waals surface area contributed by atoms with Gasteiger partial charge in [-0.2, -0.15) is 0 Å². The van der Waals surface area contributed by atoms with Crippen LogP contribution in [0.2, 0.25) is 0 Å². The first kappa shape index (κ1) is 30.0. The number of benzene rings is 9. The van der Waals surface area contributed by atoms with Crippen LogP contribution in [0.5, 0.6) is 0 Å². The molecule has 0 aliphatic rings. The van der Waals surface area contributed by atoms with Crippen molar-refractivity contribution in [3.05, 3.63) is 206 Å². The Balaban J connectivity index is 1.27. The zero-order chi connectivity index (χ0) is 34.4. The first-order chi connectivity index (χ1) is 25.8. The molecule has 2 heteroatoms. The zero-order valence-corrected chi connectivity index (χ0v) is 28.5. The van der Waals surface area contributed by atoms with Gasteiger partial charge < -0.3 is 9.47 Å². The Hall–Kier alpha value is -6.90. The molecule has 2 nitrogen and oxygen atoms in total. The monoisotopic (exact) mass is 662 g/mol. The number of rotatable bonds is 6. The maximum atomic E-state index is 2.41. The number of hydrogen-bond acceptors (Lipinski definition) is 1. The Morgan fingerprint density at radius 1 is 0.308 bits per heavy atom. The highest BCUT2D eigenvalue weighted by molar-refractivity contribution is 6.10. The minimum atomic E-state index is 1.10. The Bertz CT molecular complexity index is 2800. The van der Waals surface area contributed by atoms with Gasteiger partial charge in [0.2, 0.25) is 0 Å². The topological polar surface area (TPSA) is 8.17 Å². The van der Waals surface area contributed by atoms with Crippen molar-refractivity contribution < 1.29 is 0 Å². The summed E-state index contributed by atoms with van der Waals surface area (Å²) in [4.78, 5) is 2.41. The van der Waals surface area contributed by atoms with Crippen molar-refractivity contribution in [2.75, 3.05) is 4.90 Å². The summed E-state index contributed by atoms with van der Waals surface area (Å²) in [6.07, 6.45) is 0. The molecule has 0 N–H and O–H groups in total. The maximum Gasteiger partial charge on any atom is 0.0561 e. The van der Waals surface area contributed by atoms with E-state index in [1.165, 1.54) is 65.6 Å². The summed E-state index contributed by atoms with van der Waals surface area (Å²) in [5, 5.41) is 7.43. The van der Waals surface area contributed by atoms with Gasteiger partial charge in [0.25, 0.3) is 0 Å². The Labute approximate surface area is 303 Å². The van der Waals surface area contributed by atoms with E-state index in [-0.39, 0.29) is 0 Å². The van der Waals surface area contributed by atoms with E-state index in [1.54, 1.807) is 0 Å². The Morgan fingerprint density at radius 2 is 0.827 bits per heavy atom. The lowest BCUT2D eigenvalue weighted by Gasteiger charge is -2.27. The minimum Gasteiger partial charge on any atom is -0.310 e.